The van der Waals surface area contributed by atoms with E-state index in [1.807, 2.05) is 18.2 Å². The maximum absolute atomic E-state index is 14.3. The fourth-order valence-electron chi connectivity index (χ4n) is 6.23. The van der Waals surface area contributed by atoms with Crippen molar-refractivity contribution in [1.29, 1.82) is 5.26 Å². The van der Waals surface area contributed by atoms with Gasteiger partial charge in [0.2, 0.25) is 5.88 Å². The number of carbonyl (C=O) groups is 1. The third-order valence-corrected chi connectivity index (χ3v) is 8.71. The van der Waals surface area contributed by atoms with E-state index in [-0.39, 0.29) is 29.3 Å². The summed E-state index contributed by atoms with van der Waals surface area (Å²) in [5, 5.41) is 18.5. The van der Waals surface area contributed by atoms with E-state index >= 15 is 0 Å². The Morgan fingerprint density at radius 3 is 2.83 bits per heavy atom. The molecule has 1 N–H and O–H groups in total. The molecule has 9 nitrogen and oxygen atoms in total. The standard InChI is InChI=1S/C31H28FN5O4/c32-23-12-19(15-33)4-5-21(23)18-41-29-3-1-2-26(35-29)31-9-10-36(27(31)14-31)17-28-34-24-7-6-20(30(38)39)13-25(24)37(28)16-22-8-11-40-22/h1-7,12-13,22,27H,8-11,14,16-18H2,(H,38,39)/t22-,27?,31+/m0/s1. The minimum absolute atomic E-state index is 0.0288. The highest BCUT2D eigenvalue weighted by Gasteiger charge is 2.63. The first-order valence-electron chi connectivity index (χ1n) is 13.8. The summed E-state index contributed by atoms with van der Waals surface area (Å²) in [5.41, 5.74) is 3.42. The van der Waals surface area contributed by atoms with Gasteiger partial charge in [-0.1, -0.05) is 12.1 Å². The lowest BCUT2D eigenvalue weighted by atomic mass is 9.99. The Bertz CT molecular complexity index is 1710. The summed E-state index contributed by atoms with van der Waals surface area (Å²) in [7, 11) is 0. The van der Waals surface area contributed by atoms with Crippen LogP contribution in [0.4, 0.5) is 4.39 Å². The minimum atomic E-state index is -0.954. The molecule has 1 unspecified atom stereocenters. The first-order chi connectivity index (χ1) is 19.9. The van der Waals surface area contributed by atoms with Crippen LogP contribution in [0, 0.1) is 17.1 Å². The van der Waals surface area contributed by atoms with Crippen LogP contribution >= 0.6 is 0 Å². The van der Waals surface area contributed by atoms with Crippen molar-refractivity contribution in [3.63, 3.8) is 0 Å². The van der Waals surface area contributed by atoms with Crippen LogP contribution in [0.5, 0.6) is 5.88 Å². The number of piperidine rings is 1. The van der Waals surface area contributed by atoms with Crippen LogP contribution < -0.4 is 4.74 Å². The molecule has 1 aliphatic carbocycles. The van der Waals surface area contributed by atoms with E-state index in [1.165, 1.54) is 6.07 Å². The van der Waals surface area contributed by atoms with E-state index < -0.39 is 11.8 Å². The molecule has 2 saturated heterocycles. The zero-order valence-electron chi connectivity index (χ0n) is 22.3. The Labute approximate surface area is 235 Å². The Hall–Kier alpha value is -4.33. The first kappa shape index (κ1) is 25.6. The number of rotatable bonds is 9. The molecule has 1 saturated carbocycles. The van der Waals surface area contributed by atoms with Gasteiger partial charge in [-0.2, -0.15) is 5.26 Å². The lowest BCUT2D eigenvalue weighted by Crippen LogP contribution is -2.33. The smallest absolute Gasteiger partial charge is 0.335 e. The Balaban J connectivity index is 1.08. The number of nitrogens with zero attached hydrogens (tertiary/aromatic N) is 5. The van der Waals surface area contributed by atoms with Gasteiger partial charge < -0.3 is 19.1 Å². The van der Waals surface area contributed by atoms with Crippen molar-refractivity contribution < 1.29 is 23.8 Å². The summed E-state index contributed by atoms with van der Waals surface area (Å²) in [6.45, 7) is 2.99. The van der Waals surface area contributed by atoms with Crippen molar-refractivity contribution in [2.24, 2.45) is 0 Å². The van der Waals surface area contributed by atoms with E-state index in [0.29, 0.717) is 30.6 Å². The molecule has 0 radical (unpaired) electrons. The monoisotopic (exact) mass is 553 g/mol. The number of imidazole rings is 1. The number of aromatic nitrogens is 3. The van der Waals surface area contributed by atoms with Crippen LogP contribution in [0.15, 0.2) is 54.6 Å². The number of hydrogen-bond donors (Lipinski definition) is 1. The molecule has 0 amide bonds. The SMILES string of the molecule is N#Cc1ccc(COc2cccc([C@]34CCN(Cc5nc6ccc(C(=O)O)cc6n5C[C@@H]5CCO5)C3C4)n2)c(F)c1. The van der Waals surface area contributed by atoms with Crippen molar-refractivity contribution >= 4 is 17.0 Å². The predicted octanol–water partition coefficient (Wildman–Crippen LogP) is 4.42. The molecule has 7 rings (SSSR count). The molecular formula is C31H28FN5O4. The molecule has 3 aliphatic rings. The zero-order chi connectivity index (χ0) is 28.1. The number of ether oxygens (including phenoxy) is 2. The molecule has 41 heavy (non-hydrogen) atoms. The first-order valence-corrected chi connectivity index (χ1v) is 13.8. The van der Waals surface area contributed by atoms with Gasteiger partial charge in [-0.15, -0.1) is 0 Å². The highest BCUT2D eigenvalue weighted by molar-refractivity contribution is 5.92. The second-order valence-electron chi connectivity index (χ2n) is 11.1. The van der Waals surface area contributed by atoms with E-state index in [4.69, 9.17) is 24.7 Å². The number of benzene rings is 2. The van der Waals surface area contributed by atoms with E-state index in [1.54, 1.807) is 36.4 Å². The van der Waals surface area contributed by atoms with Crippen LogP contribution in [-0.4, -0.2) is 55.8 Å². The fourth-order valence-corrected chi connectivity index (χ4v) is 6.23. The lowest BCUT2D eigenvalue weighted by molar-refractivity contribution is -0.0591. The van der Waals surface area contributed by atoms with Gasteiger partial charge in [0.1, 0.15) is 18.2 Å². The van der Waals surface area contributed by atoms with Crippen molar-refractivity contribution in [1.82, 2.24) is 19.4 Å². The van der Waals surface area contributed by atoms with Gasteiger partial charge in [-0.25, -0.2) is 19.2 Å². The molecule has 2 aromatic heterocycles. The quantitative estimate of drug-likeness (QED) is 0.324. The third-order valence-electron chi connectivity index (χ3n) is 8.71. The summed E-state index contributed by atoms with van der Waals surface area (Å²) in [5.74, 6) is -0.0674. The van der Waals surface area contributed by atoms with E-state index in [9.17, 15) is 14.3 Å². The minimum Gasteiger partial charge on any atom is -0.478 e. The van der Waals surface area contributed by atoms with Gasteiger partial charge in [-0.3, -0.25) is 4.90 Å². The molecule has 10 heteroatoms. The Kier molecular flexibility index (Phi) is 6.21. The summed E-state index contributed by atoms with van der Waals surface area (Å²) in [6, 6.07) is 17.4. The number of nitriles is 1. The number of halogens is 1. The third kappa shape index (κ3) is 4.61. The summed E-state index contributed by atoms with van der Waals surface area (Å²) < 4.78 is 28.0. The van der Waals surface area contributed by atoms with Crippen molar-refractivity contribution in [3.05, 3.63) is 88.6 Å². The van der Waals surface area contributed by atoms with Crippen molar-refractivity contribution in [3.8, 4) is 11.9 Å². The maximum Gasteiger partial charge on any atom is 0.335 e. The van der Waals surface area contributed by atoms with Gasteiger partial charge in [0.25, 0.3) is 0 Å². The number of carboxylic acids is 1. The van der Waals surface area contributed by atoms with E-state index in [0.717, 1.165) is 55.0 Å². The van der Waals surface area contributed by atoms with E-state index in [2.05, 4.69) is 9.47 Å². The average Bonchev–Trinajstić information content (AvgIpc) is 3.46. The molecule has 2 aliphatic heterocycles. The normalized spacial score (nSPS) is 23.1. The number of carboxylic acid groups (broad SMARTS) is 1. The van der Waals surface area contributed by atoms with Crippen LogP contribution in [0.25, 0.3) is 11.0 Å². The number of hydrogen-bond acceptors (Lipinski definition) is 7. The molecule has 3 fully saturated rings. The Morgan fingerprint density at radius 2 is 2.10 bits per heavy atom. The molecule has 0 spiro atoms. The molecule has 3 atom stereocenters. The highest BCUT2D eigenvalue weighted by atomic mass is 19.1. The molecule has 0 bridgehead atoms. The second kappa shape index (κ2) is 9.94. The topological polar surface area (TPSA) is 114 Å². The largest absolute Gasteiger partial charge is 0.478 e. The highest BCUT2D eigenvalue weighted by Crippen LogP contribution is 2.58. The van der Waals surface area contributed by atoms with Crippen LogP contribution in [0.2, 0.25) is 0 Å². The van der Waals surface area contributed by atoms with Gasteiger partial charge >= 0.3 is 5.97 Å². The van der Waals surface area contributed by atoms with Crippen molar-refractivity contribution in [2.75, 3.05) is 13.2 Å². The average molecular weight is 554 g/mol. The molecule has 4 heterocycles. The van der Waals surface area contributed by atoms with Gasteiger partial charge in [0.15, 0.2) is 0 Å². The number of likely N-dealkylation sites (tertiary alicyclic amines) is 1. The van der Waals surface area contributed by atoms with Crippen LogP contribution in [0.1, 0.15) is 52.3 Å². The zero-order valence-corrected chi connectivity index (χ0v) is 22.3. The maximum atomic E-state index is 14.3. The van der Waals surface area contributed by atoms with Crippen molar-refractivity contribution in [2.45, 2.75) is 56.5 Å². The van der Waals surface area contributed by atoms with Gasteiger partial charge in [0, 0.05) is 29.7 Å². The fraction of sp³-hybridized carbons (Fsp3) is 0.355. The number of fused-ring (bicyclic) bond motifs is 2. The van der Waals surface area contributed by atoms with Crippen LogP contribution in [-0.2, 0) is 29.8 Å². The molecule has 2 aromatic carbocycles. The Morgan fingerprint density at radius 1 is 1.22 bits per heavy atom. The summed E-state index contributed by atoms with van der Waals surface area (Å²) in [6.07, 6.45) is 3.05. The molecule has 4 aromatic rings. The number of aromatic carboxylic acids is 1. The molecular weight excluding hydrogens is 525 g/mol. The summed E-state index contributed by atoms with van der Waals surface area (Å²) in [4.78, 5) is 23.8. The lowest BCUT2D eigenvalue weighted by Gasteiger charge is -2.28. The van der Waals surface area contributed by atoms with Gasteiger partial charge in [0.05, 0.1) is 53.1 Å². The predicted molar refractivity (Wildman–Crippen MR) is 146 cm³/mol. The van der Waals surface area contributed by atoms with Gasteiger partial charge in [-0.05, 0) is 62.2 Å². The van der Waals surface area contributed by atoms with Crippen LogP contribution in [0.3, 0.4) is 0 Å². The summed E-state index contributed by atoms with van der Waals surface area (Å²) >= 11 is 0. The second-order valence-corrected chi connectivity index (χ2v) is 11.1. The molecule has 208 valence electrons. The number of pyridine rings is 1.